The summed E-state index contributed by atoms with van der Waals surface area (Å²) < 4.78 is 17.9. The van der Waals surface area contributed by atoms with Crippen molar-refractivity contribution in [3.8, 4) is 0 Å². The molecular formula is C17H24ClFIN3O2. The standard InChI is InChI=1S/C17H23ClFN3O2.HI/c1-20-17(22-9-6-13(7-10-22)16(23)24-2)21-8-5-12-3-4-14(19)11-15(12)18;/h3-4,11,13H,5-10H2,1-2H3,(H,20,21);1H. The predicted molar refractivity (Wildman–Crippen MR) is 108 cm³/mol. The summed E-state index contributed by atoms with van der Waals surface area (Å²) in [6.45, 7) is 2.17. The molecule has 1 fully saturated rings. The van der Waals surface area contributed by atoms with Gasteiger partial charge in [0.25, 0.3) is 0 Å². The Balaban J connectivity index is 0.00000312. The van der Waals surface area contributed by atoms with Gasteiger partial charge in [0, 0.05) is 31.7 Å². The van der Waals surface area contributed by atoms with Crippen LogP contribution in [0.3, 0.4) is 0 Å². The van der Waals surface area contributed by atoms with E-state index < -0.39 is 0 Å². The van der Waals surface area contributed by atoms with E-state index in [4.69, 9.17) is 16.3 Å². The van der Waals surface area contributed by atoms with Crippen LogP contribution < -0.4 is 5.32 Å². The van der Waals surface area contributed by atoms with Crippen molar-refractivity contribution in [3.05, 3.63) is 34.6 Å². The summed E-state index contributed by atoms with van der Waals surface area (Å²) in [7, 11) is 3.16. The first kappa shape index (κ1) is 22.0. The van der Waals surface area contributed by atoms with Crippen molar-refractivity contribution in [2.24, 2.45) is 10.9 Å². The Morgan fingerprint density at radius 1 is 1.44 bits per heavy atom. The summed E-state index contributed by atoms with van der Waals surface area (Å²) in [5.74, 6) is 0.309. The lowest BCUT2D eigenvalue weighted by Gasteiger charge is -2.33. The third-order valence-electron chi connectivity index (χ3n) is 4.23. The van der Waals surface area contributed by atoms with E-state index in [1.54, 1.807) is 13.1 Å². The third-order valence-corrected chi connectivity index (χ3v) is 4.59. The van der Waals surface area contributed by atoms with Gasteiger partial charge in [-0.2, -0.15) is 0 Å². The normalized spacial score (nSPS) is 15.5. The maximum Gasteiger partial charge on any atom is 0.308 e. The van der Waals surface area contributed by atoms with Crippen LogP contribution in [-0.4, -0.2) is 50.6 Å². The van der Waals surface area contributed by atoms with Gasteiger partial charge in [-0.05, 0) is 37.0 Å². The second kappa shape index (κ2) is 10.8. The van der Waals surface area contributed by atoms with Crippen LogP contribution in [0.1, 0.15) is 18.4 Å². The van der Waals surface area contributed by atoms with Gasteiger partial charge < -0.3 is 15.0 Å². The molecule has 1 N–H and O–H groups in total. The molecule has 0 aliphatic carbocycles. The van der Waals surface area contributed by atoms with Crippen molar-refractivity contribution >= 4 is 47.5 Å². The van der Waals surface area contributed by atoms with E-state index >= 15 is 0 Å². The first-order valence-electron chi connectivity index (χ1n) is 8.02. The highest BCUT2D eigenvalue weighted by atomic mass is 127. The fourth-order valence-corrected chi connectivity index (χ4v) is 3.12. The number of hydrogen-bond acceptors (Lipinski definition) is 3. The van der Waals surface area contributed by atoms with E-state index in [9.17, 15) is 9.18 Å². The van der Waals surface area contributed by atoms with Crippen molar-refractivity contribution in [2.75, 3.05) is 33.8 Å². The van der Waals surface area contributed by atoms with Crippen LogP contribution in [0.2, 0.25) is 5.02 Å². The van der Waals surface area contributed by atoms with E-state index in [0.29, 0.717) is 18.0 Å². The molecule has 1 aromatic rings. The van der Waals surface area contributed by atoms with Gasteiger partial charge in [-0.15, -0.1) is 24.0 Å². The Morgan fingerprint density at radius 2 is 2.12 bits per heavy atom. The number of carbonyl (C=O) groups excluding carboxylic acids is 1. The van der Waals surface area contributed by atoms with Gasteiger partial charge in [-0.1, -0.05) is 17.7 Å². The van der Waals surface area contributed by atoms with Crippen LogP contribution in [0.25, 0.3) is 0 Å². The molecule has 25 heavy (non-hydrogen) atoms. The SMILES string of the molecule is CN=C(NCCc1ccc(F)cc1Cl)N1CCC(C(=O)OC)CC1.I. The average molecular weight is 484 g/mol. The maximum absolute atomic E-state index is 13.1. The van der Waals surface area contributed by atoms with Crippen molar-refractivity contribution in [1.29, 1.82) is 0 Å². The number of piperidine rings is 1. The number of esters is 1. The molecule has 0 saturated carbocycles. The molecule has 1 saturated heterocycles. The minimum Gasteiger partial charge on any atom is -0.469 e. The molecule has 1 aliphatic rings. The molecule has 1 heterocycles. The third kappa shape index (κ3) is 6.29. The van der Waals surface area contributed by atoms with Crippen LogP contribution in [-0.2, 0) is 16.0 Å². The highest BCUT2D eigenvalue weighted by Gasteiger charge is 2.26. The van der Waals surface area contributed by atoms with Crippen molar-refractivity contribution < 1.29 is 13.9 Å². The molecule has 1 aromatic carbocycles. The highest BCUT2D eigenvalue weighted by molar-refractivity contribution is 14.0. The molecule has 0 bridgehead atoms. The quantitative estimate of drug-likeness (QED) is 0.309. The number of likely N-dealkylation sites (tertiary alicyclic amines) is 1. The molecule has 5 nitrogen and oxygen atoms in total. The first-order chi connectivity index (χ1) is 11.5. The molecule has 0 unspecified atom stereocenters. The number of benzene rings is 1. The van der Waals surface area contributed by atoms with Gasteiger partial charge in [0.2, 0.25) is 0 Å². The zero-order chi connectivity index (χ0) is 17.5. The minimum atomic E-state index is -0.332. The number of aliphatic imine (C=N–C) groups is 1. The molecule has 0 spiro atoms. The molecular weight excluding hydrogens is 460 g/mol. The molecule has 1 aliphatic heterocycles. The largest absolute Gasteiger partial charge is 0.469 e. The Kier molecular flexibility index (Phi) is 9.48. The number of ether oxygens (including phenoxy) is 1. The molecule has 8 heteroatoms. The summed E-state index contributed by atoms with van der Waals surface area (Å²) in [6, 6.07) is 4.43. The monoisotopic (exact) mass is 483 g/mol. The average Bonchev–Trinajstić information content (AvgIpc) is 2.60. The van der Waals surface area contributed by atoms with E-state index in [1.165, 1.54) is 19.2 Å². The van der Waals surface area contributed by atoms with Crippen molar-refractivity contribution in [1.82, 2.24) is 10.2 Å². The fourth-order valence-electron chi connectivity index (χ4n) is 2.86. The van der Waals surface area contributed by atoms with Gasteiger partial charge in [-0.3, -0.25) is 9.79 Å². The summed E-state index contributed by atoms with van der Waals surface area (Å²) in [5.41, 5.74) is 0.894. The second-order valence-corrected chi connectivity index (χ2v) is 6.15. The lowest BCUT2D eigenvalue weighted by atomic mass is 9.97. The van der Waals surface area contributed by atoms with Crippen LogP contribution in [0, 0.1) is 11.7 Å². The zero-order valence-electron chi connectivity index (χ0n) is 14.4. The number of nitrogens with one attached hydrogen (secondary N) is 1. The summed E-state index contributed by atoms with van der Waals surface area (Å²) >= 11 is 6.03. The number of nitrogens with zero attached hydrogens (tertiary/aromatic N) is 2. The number of guanidine groups is 1. The van der Waals surface area contributed by atoms with E-state index in [-0.39, 0.29) is 41.7 Å². The first-order valence-corrected chi connectivity index (χ1v) is 8.40. The Morgan fingerprint density at radius 3 is 2.68 bits per heavy atom. The van der Waals surface area contributed by atoms with Gasteiger partial charge in [0.1, 0.15) is 5.82 Å². The minimum absolute atomic E-state index is 0. The van der Waals surface area contributed by atoms with Gasteiger partial charge in [-0.25, -0.2) is 4.39 Å². The van der Waals surface area contributed by atoms with Crippen LogP contribution in [0.5, 0.6) is 0 Å². The molecule has 140 valence electrons. The fraction of sp³-hybridized carbons (Fsp3) is 0.529. The molecule has 0 atom stereocenters. The molecule has 0 amide bonds. The van der Waals surface area contributed by atoms with Crippen molar-refractivity contribution in [2.45, 2.75) is 19.3 Å². The number of methoxy groups -OCH3 is 1. The van der Waals surface area contributed by atoms with Gasteiger partial charge >= 0.3 is 5.97 Å². The lowest BCUT2D eigenvalue weighted by molar-refractivity contribution is -0.146. The number of hydrogen-bond donors (Lipinski definition) is 1. The Hall–Kier alpha value is -1.09. The Bertz CT molecular complexity index is 608. The summed E-state index contributed by atoms with van der Waals surface area (Å²) in [4.78, 5) is 18.0. The lowest BCUT2D eigenvalue weighted by Crippen LogP contribution is -2.47. The number of carbonyl (C=O) groups is 1. The summed E-state index contributed by atoms with van der Waals surface area (Å²) in [6.07, 6.45) is 2.20. The molecule has 0 radical (unpaired) electrons. The Labute approximate surface area is 170 Å². The molecule has 0 aromatic heterocycles. The van der Waals surface area contributed by atoms with Crippen LogP contribution >= 0.6 is 35.6 Å². The predicted octanol–water partition coefficient (Wildman–Crippen LogP) is 3.10. The highest BCUT2D eigenvalue weighted by Crippen LogP contribution is 2.19. The number of rotatable bonds is 4. The maximum atomic E-state index is 13.1. The number of halogens is 3. The van der Waals surface area contributed by atoms with Crippen LogP contribution in [0.4, 0.5) is 4.39 Å². The van der Waals surface area contributed by atoms with Crippen LogP contribution in [0.15, 0.2) is 23.2 Å². The van der Waals surface area contributed by atoms with E-state index in [1.807, 2.05) is 0 Å². The van der Waals surface area contributed by atoms with Gasteiger partial charge in [0.15, 0.2) is 5.96 Å². The zero-order valence-corrected chi connectivity index (χ0v) is 17.5. The second-order valence-electron chi connectivity index (χ2n) is 5.74. The van der Waals surface area contributed by atoms with Gasteiger partial charge in [0.05, 0.1) is 13.0 Å². The smallest absolute Gasteiger partial charge is 0.308 e. The molecule has 2 rings (SSSR count). The topological polar surface area (TPSA) is 53.9 Å². The van der Waals surface area contributed by atoms with E-state index in [2.05, 4.69) is 15.2 Å². The van der Waals surface area contributed by atoms with Crippen molar-refractivity contribution in [3.63, 3.8) is 0 Å². The summed E-state index contributed by atoms with van der Waals surface area (Å²) in [5, 5.41) is 3.73. The van der Waals surface area contributed by atoms with E-state index in [0.717, 1.165) is 37.5 Å².